The molecule has 108 valence electrons. The Morgan fingerprint density at radius 3 is 2.55 bits per heavy atom. The zero-order valence-corrected chi connectivity index (χ0v) is 12.2. The number of hydrogen-bond donors (Lipinski definition) is 2. The van der Waals surface area contributed by atoms with Gasteiger partial charge in [0.2, 0.25) is 5.91 Å². The molecule has 1 aliphatic heterocycles. The molecule has 2 rings (SSSR count). The number of amides is 2. The molecule has 0 atom stereocenters. The molecule has 1 saturated heterocycles. The summed E-state index contributed by atoms with van der Waals surface area (Å²) >= 11 is 0. The lowest BCUT2D eigenvalue weighted by Gasteiger charge is -2.41. The topological polar surface area (TPSA) is 82.3 Å². The number of carbonyl (C=O) groups excluding carboxylic acids is 2. The van der Waals surface area contributed by atoms with Crippen LogP contribution in [-0.4, -0.2) is 40.3 Å². The Labute approximate surface area is 117 Å². The molecule has 6 heteroatoms. The Morgan fingerprint density at radius 1 is 1.30 bits per heavy atom. The van der Waals surface area contributed by atoms with Crippen molar-refractivity contribution in [2.75, 3.05) is 13.1 Å². The average molecular weight is 277 g/mol. The molecule has 0 aromatic carbocycles. The van der Waals surface area contributed by atoms with Crippen LogP contribution in [0.25, 0.3) is 0 Å². The summed E-state index contributed by atoms with van der Waals surface area (Å²) in [6, 6.07) is 1.76. The lowest BCUT2D eigenvalue weighted by Crippen LogP contribution is -2.63. The molecule has 2 heterocycles. The smallest absolute Gasteiger partial charge is 0.261 e. The van der Waals surface area contributed by atoms with Crippen molar-refractivity contribution in [1.82, 2.24) is 15.2 Å². The Morgan fingerprint density at radius 2 is 1.95 bits per heavy atom. The second kappa shape index (κ2) is 4.77. The second-order valence-corrected chi connectivity index (χ2v) is 5.61. The number of nitrogens with one attached hydrogen (secondary N) is 2. The lowest BCUT2D eigenvalue weighted by molar-refractivity contribution is -0.133. The van der Waals surface area contributed by atoms with Crippen molar-refractivity contribution >= 4 is 11.8 Å². The maximum Gasteiger partial charge on any atom is 0.261 e. The first-order valence-electron chi connectivity index (χ1n) is 6.56. The van der Waals surface area contributed by atoms with E-state index in [0.29, 0.717) is 24.3 Å². The van der Waals surface area contributed by atoms with E-state index in [9.17, 15) is 14.4 Å². The molecule has 0 bridgehead atoms. The van der Waals surface area contributed by atoms with E-state index >= 15 is 0 Å². The molecular weight excluding hydrogens is 258 g/mol. The number of aryl methyl sites for hydroxylation is 2. The number of piperazine rings is 1. The number of carbonyl (C=O) groups is 2. The van der Waals surface area contributed by atoms with Crippen molar-refractivity contribution in [2.24, 2.45) is 0 Å². The Balaban J connectivity index is 2.47. The van der Waals surface area contributed by atoms with Gasteiger partial charge in [-0.1, -0.05) is 0 Å². The van der Waals surface area contributed by atoms with Gasteiger partial charge in [-0.05, 0) is 39.3 Å². The fourth-order valence-electron chi connectivity index (χ4n) is 2.51. The van der Waals surface area contributed by atoms with E-state index in [1.165, 1.54) is 4.90 Å². The van der Waals surface area contributed by atoms with Crippen molar-refractivity contribution in [3.05, 3.63) is 33.2 Å². The molecule has 0 aliphatic carbocycles. The highest BCUT2D eigenvalue weighted by Crippen LogP contribution is 2.20. The van der Waals surface area contributed by atoms with Crippen molar-refractivity contribution < 1.29 is 9.59 Å². The lowest BCUT2D eigenvalue weighted by atomic mass is 9.97. The van der Waals surface area contributed by atoms with Crippen LogP contribution >= 0.6 is 0 Å². The molecule has 1 fully saturated rings. The van der Waals surface area contributed by atoms with Crippen LogP contribution in [0.5, 0.6) is 0 Å². The summed E-state index contributed by atoms with van der Waals surface area (Å²) in [6.07, 6.45) is 0. The molecule has 0 radical (unpaired) electrons. The van der Waals surface area contributed by atoms with Gasteiger partial charge < -0.3 is 15.2 Å². The largest absolute Gasteiger partial charge is 0.352 e. The summed E-state index contributed by atoms with van der Waals surface area (Å²) in [4.78, 5) is 40.7. The molecule has 0 saturated carbocycles. The van der Waals surface area contributed by atoms with Crippen LogP contribution in [0.15, 0.2) is 10.9 Å². The number of hydrogen-bond acceptors (Lipinski definition) is 3. The molecule has 0 unspecified atom stereocenters. The molecule has 20 heavy (non-hydrogen) atoms. The fraction of sp³-hybridized carbons (Fsp3) is 0.500. The minimum Gasteiger partial charge on any atom is -0.352 e. The van der Waals surface area contributed by atoms with Gasteiger partial charge in [-0.3, -0.25) is 14.4 Å². The van der Waals surface area contributed by atoms with Crippen LogP contribution in [0.3, 0.4) is 0 Å². The third-order valence-electron chi connectivity index (χ3n) is 3.68. The number of rotatable bonds is 1. The number of aromatic nitrogens is 1. The van der Waals surface area contributed by atoms with Crippen molar-refractivity contribution in [3.8, 4) is 0 Å². The summed E-state index contributed by atoms with van der Waals surface area (Å²) < 4.78 is 0. The van der Waals surface area contributed by atoms with E-state index in [0.717, 1.165) is 0 Å². The average Bonchev–Trinajstić information content (AvgIpc) is 2.31. The summed E-state index contributed by atoms with van der Waals surface area (Å²) in [5.41, 5.74) is 0.0735. The molecule has 6 nitrogen and oxygen atoms in total. The normalized spacial score (nSPS) is 17.8. The van der Waals surface area contributed by atoms with E-state index in [1.807, 2.05) is 0 Å². The van der Waals surface area contributed by atoms with E-state index in [-0.39, 0.29) is 11.5 Å². The summed E-state index contributed by atoms with van der Waals surface area (Å²) in [7, 11) is 0. The summed E-state index contributed by atoms with van der Waals surface area (Å²) in [5.74, 6) is -0.609. The van der Waals surface area contributed by atoms with Crippen LogP contribution < -0.4 is 10.9 Å². The van der Waals surface area contributed by atoms with E-state index in [4.69, 9.17) is 0 Å². The maximum absolute atomic E-state index is 12.6. The van der Waals surface area contributed by atoms with Crippen LogP contribution in [0.2, 0.25) is 0 Å². The van der Waals surface area contributed by atoms with Gasteiger partial charge in [-0.25, -0.2) is 0 Å². The van der Waals surface area contributed by atoms with Crippen molar-refractivity contribution in [2.45, 2.75) is 33.2 Å². The van der Waals surface area contributed by atoms with Crippen LogP contribution in [-0.2, 0) is 4.79 Å². The third-order valence-corrected chi connectivity index (χ3v) is 3.68. The molecule has 1 aromatic rings. The molecule has 2 amide bonds. The summed E-state index contributed by atoms with van der Waals surface area (Å²) in [5, 5.41) is 2.73. The minimum atomic E-state index is -0.959. The zero-order valence-electron chi connectivity index (χ0n) is 12.2. The Kier molecular flexibility index (Phi) is 3.41. The SMILES string of the molecule is Cc1cc(C)c(C(=O)N2CCNC(=O)C2(C)C)c(=O)[nH]1. The molecule has 1 aliphatic rings. The highest BCUT2D eigenvalue weighted by molar-refractivity contribution is 6.00. The standard InChI is InChI=1S/C14H19N3O3/c1-8-7-9(2)16-11(18)10(8)12(19)17-6-5-15-13(20)14(17,3)4/h7H,5-6H2,1-4H3,(H,15,20)(H,16,18). The predicted octanol–water partition coefficient (Wildman–Crippen LogP) is 0.342. The van der Waals surface area contributed by atoms with E-state index < -0.39 is 17.0 Å². The Bertz CT molecular complexity index is 631. The van der Waals surface area contributed by atoms with Gasteiger partial charge in [0, 0.05) is 18.8 Å². The number of aromatic amines is 1. The van der Waals surface area contributed by atoms with Crippen LogP contribution in [0.1, 0.15) is 35.5 Å². The highest BCUT2D eigenvalue weighted by Gasteiger charge is 2.41. The first-order valence-corrected chi connectivity index (χ1v) is 6.56. The van der Waals surface area contributed by atoms with Crippen LogP contribution in [0, 0.1) is 13.8 Å². The zero-order chi connectivity index (χ0) is 15.1. The molecule has 0 spiro atoms. The predicted molar refractivity (Wildman–Crippen MR) is 74.7 cm³/mol. The van der Waals surface area contributed by atoms with Gasteiger partial charge in [0.1, 0.15) is 11.1 Å². The Hall–Kier alpha value is -2.11. The van der Waals surface area contributed by atoms with Gasteiger partial charge in [0.05, 0.1) is 0 Å². The maximum atomic E-state index is 12.6. The second-order valence-electron chi connectivity index (χ2n) is 5.61. The van der Waals surface area contributed by atoms with Crippen LogP contribution in [0.4, 0.5) is 0 Å². The van der Waals surface area contributed by atoms with Crippen molar-refractivity contribution in [3.63, 3.8) is 0 Å². The van der Waals surface area contributed by atoms with Gasteiger partial charge in [0.25, 0.3) is 11.5 Å². The molecule has 1 aromatic heterocycles. The minimum absolute atomic E-state index is 0.110. The van der Waals surface area contributed by atoms with E-state index in [2.05, 4.69) is 10.3 Å². The van der Waals surface area contributed by atoms with Gasteiger partial charge in [-0.15, -0.1) is 0 Å². The highest BCUT2D eigenvalue weighted by atomic mass is 16.2. The summed E-state index contributed by atoms with van der Waals surface area (Å²) in [6.45, 7) is 7.64. The monoisotopic (exact) mass is 277 g/mol. The van der Waals surface area contributed by atoms with Gasteiger partial charge in [0.15, 0.2) is 0 Å². The van der Waals surface area contributed by atoms with E-state index in [1.54, 1.807) is 33.8 Å². The fourth-order valence-corrected chi connectivity index (χ4v) is 2.51. The molecular formula is C14H19N3O3. The number of pyridine rings is 1. The van der Waals surface area contributed by atoms with Gasteiger partial charge >= 0.3 is 0 Å². The number of nitrogens with zero attached hydrogens (tertiary/aromatic N) is 1. The first-order chi connectivity index (χ1) is 9.25. The number of H-pyrrole nitrogens is 1. The first kappa shape index (κ1) is 14.3. The third kappa shape index (κ3) is 2.21. The molecule has 2 N–H and O–H groups in total. The van der Waals surface area contributed by atoms with Gasteiger partial charge in [-0.2, -0.15) is 0 Å². The quantitative estimate of drug-likeness (QED) is 0.776. The van der Waals surface area contributed by atoms with Crippen molar-refractivity contribution in [1.29, 1.82) is 0 Å².